The molecule has 5 rings (SSSR count). The van der Waals surface area contributed by atoms with Crippen molar-refractivity contribution in [3.63, 3.8) is 0 Å². The molecule has 4 aromatic rings. The molecule has 0 bridgehead atoms. The molecule has 0 aliphatic carbocycles. The quantitative estimate of drug-likeness (QED) is 0.340. The molecule has 1 fully saturated rings. The maximum atomic E-state index is 15.1. The number of hydrogen-bond acceptors (Lipinski definition) is 7. The molecule has 1 atom stereocenters. The van der Waals surface area contributed by atoms with Crippen molar-refractivity contribution < 1.29 is 19.0 Å². The number of anilines is 1. The molecule has 1 amide bonds. The SMILES string of the molecule is COc1ccc(F)c(-c2nc3c(cc2Cl)c(N2CCN(C(=O)O)C[C@@H]2C)nc(=O)n3-c2c(C)ccnc2C(C)C)c1. The van der Waals surface area contributed by atoms with E-state index in [2.05, 4.69) is 9.97 Å². The van der Waals surface area contributed by atoms with Crippen LogP contribution in [0, 0.1) is 12.7 Å². The van der Waals surface area contributed by atoms with Gasteiger partial charge in [0, 0.05) is 37.4 Å². The van der Waals surface area contributed by atoms with Crippen LogP contribution in [0.1, 0.15) is 37.9 Å². The zero-order valence-electron chi connectivity index (χ0n) is 23.4. The molecule has 1 N–H and O–H groups in total. The number of rotatable bonds is 5. The van der Waals surface area contributed by atoms with E-state index in [1.165, 1.54) is 34.8 Å². The highest BCUT2D eigenvalue weighted by Crippen LogP contribution is 2.37. The van der Waals surface area contributed by atoms with Gasteiger partial charge in [-0.05, 0) is 55.7 Å². The number of pyridine rings is 2. The number of aryl methyl sites for hydroxylation is 1. The molecule has 0 unspecified atom stereocenters. The van der Waals surface area contributed by atoms with E-state index in [0.717, 1.165) is 5.56 Å². The number of amides is 1. The zero-order valence-corrected chi connectivity index (χ0v) is 24.1. The van der Waals surface area contributed by atoms with E-state index in [1.807, 2.05) is 32.6 Å². The van der Waals surface area contributed by atoms with Crippen molar-refractivity contribution in [1.29, 1.82) is 0 Å². The van der Waals surface area contributed by atoms with Crippen molar-refractivity contribution >= 4 is 34.5 Å². The zero-order chi connectivity index (χ0) is 29.6. The summed E-state index contributed by atoms with van der Waals surface area (Å²) in [5.41, 5.74) is 1.90. The van der Waals surface area contributed by atoms with Crippen LogP contribution in [0.15, 0.2) is 41.3 Å². The number of nitrogens with zero attached hydrogens (tertiary/aromatic N) is 6. The number of ether oxygens (including phenoxy) is 1. The van der Waals surface area contributed by atoms with E-state index in [4.69, 9.17) is 21.3 Å². The lowest BCUT2D eigenvalue weighted by Gasteiger charge is -2.39. The molecule has 1 aromatic carbocycles. The third-order valence-corrected chi connectivity index (χ3v) is 7.61. The summed E-state index contributed by atoms with van der Waals surface area (Å²) in [6, 6.07) is 7.42. The Morgan fingerprint density at radius 2 is 1.95 bits per heavy atom. The third kappa shape index (κ3) is 5.06. The van der Waals surface area contributed by atoms with E-state index in [9.17, 15) is 14.7 Å². The minimum absolute atomic E-state index is 0.0294. The minimum atomic E-state index is -1.01. The van der Waals surface area contributed by atoms with Gasteiger partial charge in [0.25, 0.3) is 0 Å². The first-order chi connectivity index (χ1) is 19.5. The van der Waals surface area contributed by atoms with Gasteiger partial charge in [-0.3, -0.25) is 4.98 Å². The Kier molecular flexibility index (Phi) is 7.56. The Morgan fingerprint density at radius 3 is 2.61 bits per heavy atom. The Hall–Kier alpha value is -4.25. The van der Waals surface area contributed by atoms with Gasteiger partial charge >= 0.3 is 11.8 Å². The maximum absolute atomic E-state index is 15.1. The van der Waals surface area contributed by atoms with Crippen molar-refractivity contribution in [2.75, 3.05) is 31.6 Å². The van der Waals surface area contributed by atoms with Crippen LogP contribution in [0.4, 0.5) is 15.0 Å². The summed E-state index contributed by atoms with van der Waals surface area (Å²) in [6.45, 7) is 8.48. The van der Waals surface area contributed by atoms with Gasteiger partial charge in [0.2, 0.25) is 0 Å². The molecule has 1 aliphatic rings. The van der Waals surface area contributed by atoms with Gasteiger partial charge in [-0.2, -0.15) is 4.98 Å². The molecule has 1 saturated heterocycles. The number of hydrogen-bond donors (Lipinski definition) is 1. The van der Waals surface area contributed by atoms with E-state index in [-0.39, 0.29) is 47.0 Å². The summed E-state index contributed by atoms with van der Waals surface area (Å²) < 4.78 is 21.8. The molecule has 0 radical (unpaired) electrons. The predicted octanol–water partition coefficient (Wildman–Crippen LogP) is 5.26. The number of carboxylic acid groups (broad SMARTS) is 1. The monoisotopic (exact) mass is 580 g/mol. The van der Waals surface area contributed by atoms with Gasteiger partial charge < -0.3 is 19.6 Å². The Labute approximate surface area is 241 Å². The van der Waals surface area contributed by atoms with Crippen molar-refractivity contribution in [2.24, 2.45) is 0 Å². The van der Waals surface area contributed by atoms with Crippen LogP contribution < -0.4 is 15.3 Å². The van der Waals surface area contributed by atoms with Gasteiger partial charge in [-0.15, -0.1) is 0 Å². The van der Waals surface area contributed by atoms with E-state index < -0.39 is 17.6 Å². The lowest BCUT2D eigenvalue weighted by atomic mass is 10.0. The largest absolute Gasteiger partial charge is 0.497 e. The Morgan fingerprint density at radius 1 is 1.20 bits per heavy atom. The van der Waals surface area contributed by atoms with Crippen LogP contribution in [0.5, 0.6) is 5.75 Å². The molecular weight excluding hydrogens is 551 g/mol. The van der Waals surface area contributed by atoms with Crippen LogP contribution in [0.2, 0.25) is 5.02 Å². The van der Waals surface area contributed by atoms with Gasteiger partial charge in [0.05, 0.1) is 34.6 Å². The van der Waals surface area contributed by atoms with Gasteiger partial charge in [0.1, 0.15) is 17.4 Å². The molecule has 0 spiro atoms. The van der Waals surface area contributed by atoms with Crippen LogP contribution in [-0.4, -0.2) is 68.4 Å². The van der Waals surface area contributed by atoms with Crippen LogP contribution in [-0.2, 0) is 0 Å². The van der Waals surface area contributed by atoms with Crippen molar-refractivity contribution in [3.05, 3.63) is 69.1 Å². The fraction of sp³-hybridized carbons (Fsp3) is 0.345. The summed E-state index contributed by atoms with van der Waals surface area (Å²) >= 11 is 6.77. The number of piperazine rings is 1. The average Bonchev–Trinajstić information content (AvgIpc) is 2.93. The molecule has 1 aliphatic heterocycles. The molecular formula is C29H30ClFN6O4. The molecule has 10 nitrogen and oxygen atoms in total. The van der Waals surface area contributed by atoms with Crippen LogP contribution in [0.3, 0.4) is 0 Å². The molecule has 214 valence electrons. The number of fused-ring (bicyclic) bond motifs is 1. The Bertz CT molecular complexity index is 1730. The maximum Gasteiger partial charge on any atom is 0.407 e. The lowest BCUT2D eigenvalue weighted by molar-refractivity contribution is 0.136. The smallest absolute Gasteiger partial charge is 0.407 e. The van der Waals surface area contributed by atoms with Crippen molar-refractivity contribution in [3.8, 4) is 22.7 Å². The molecule has 12 heteroatoms. The van der Waals surface area contributed by atoms with Crippen molar-refractivity contribution in [1.82, 2.24) is 24.4 Å². The first-order valence-electron chi connectivity index (χ1n) is 13.2. The average molecular weight is 581 g/mol. The number of methoxy groups -OCH3 is 1. The molecule has 4 heterocycles. The summed E-state index contributed by atoms with van der Waals surface area (Å²) in [5.74, 6) is 0.167. The third-order valence-electron chi connectivity index (χ3n) is 7.32. The summed E-state index contributed by atoms with van der Waals surface area (Å²) in [4.78, 5) is 42.6. The standard InChI is InChI=1S/C29H30ClFN6O4/c1-15(2)23-25(16(3)8-9-32-23)37-27-20(13-21(30)24(33-27)19-12-18(41-5)6-7-22(19)31)26(34-28(37)38)36-11-10-35(29(39)40)14-17(36)4/h6-9,12-13,15,17H,10-11,14H2,1-5H3,(H,39,40)/t17-/m0/s1. The van der Waals surface area contributed by atoms with E-state index >= 15 is 4.39 Å². The van der Waals surface area contributed by atoms with Gasteiger partial charge in [-0.1, -0.05) is 25.4 Å². The summed E-state index contributed by atoms with van der Waals surface area (Å²) in [5, 5.41) is 10.1. The summed E-state index contributed by atoms with van der Waals surface area (Å²) in [6.07, 6.45) is 0.682. The van der Waals surface area contributed by atoms with Gasteiger partial charge in [-0.25, -0.2) is 23.5 Å². The molecule has 41 heavy (non-hydrogen) atoms. The second-order valence-corrected chi connectivity index (χ2v) is 10.8. The first-order valence-corrected chi connectivity index (χ1v) is 13.6. The minimum Gasteiger partial charge on any atom is -0.497 e. The van der Waals surface area contributed by atoms with E-state index in [0.29, 0.717) is 34.9 Å². The predicted molar refractivity (Wildman–Crippen MR) is 155 cm³/mol. The topological polar surface area (TPSA) is 114 Å². The fourth-order valence-corrected chi connectivity index (χ4v) is 5.51. The second kappa shape index (κ2) is 11.0. The first kappa shape index (κ1) is 28.3. The molecule has 0 saturated carbocycles. The highest BCUT2D eigenvalue weighted by molar-refractivity contribution is 6.33. The highest BCUT2D eigenvalue weighted by atomic mass is 35.5. The lowest BCUT2D eigenvalue weighted by Crippen LogP contribution is -2.54. The number of halogens is 2. The Balaban J connectivity index is 1.84. The number of aromatic nitrogens is 4. The van der Waals surface area contributed by atoms with Crippen molar-refractivity contribution in [2.45, 2.75) is 39.7 Å². The number of carbonyl (C=O) groups is 1. The normalized spacial score (nSPS) is 15.6. The fourth-order valence-electron chi connectivity index (χ4n) is 5.26. The highest BCUT2D eigenvalue weighted by Gasteiger charge is 2.31. The molecule has 3 aromatic heterocycles. The van der Waals surface area contributed by atoms with Gasteiger partial charge in [0.15, 0.2) is 5.65 Å². The summed E-state index contributed by atoms with van der Waals surface area (Å²) in [7, 11) is 1.48. The van der Waals surface area contributed by atoms with E-state index in [1.54, 1.807) is 18.3 Å². The second-order valence-electron chi connectivity index (χ2n) is 10.4. The number of benzene rings is 1. The van der Waals surface area contributed by atoms with Crippen LogP contribution >= 0.6 is 11.6 Å². The van der Waals surface area contributed by atoms with Crippen LogP contribution in [0.25, 0.3) is 28.0 Å².